The molecule has 0 aliphatic carbocycles. The van der Waals surface area contributed by atoms with Gasteiger partial charge in [-0.05, 0) is 68.1 Å². The molecule has 1 heterocycles. The zero-order chi connectivity index (χ0) is 28.4. The molecule has 0 fully saturated rings. The van der Waals surface area contributed by atoms with Crippen LogP contribution in [-0.2, 0) is 9.59 Å². The van der Waals surface area contributed by atoms with E-state index in [0.717, 1.165) is 37.8 Å². The summed E-state index contributed by atoms with van der Waals surface area (Å²) < 4.78 is 0. The molecule has 0 saturated carbocycles. The Hall–Kier alpha value is -1.66. The molecule has 0 radical (unpaired) electrons. The van der Waals surface area contributed by atoms with Crippen LogP contribution in [-0.4, -0.2) is 41.9 Å². The fourth-order valence-corrected chi connectivity index (χ4v) is 4.54. The van der Waals surface area contributed by atoms with Crippen LogP contribution in [0, 0.1) is 29.1 Å². The Balaban J connectivity index is 0.000000845. The van der Waals surface area contributed by atoms with Gasteiger partial charge in [0.1, 0.15) is 5.78 Å². The van der Waals surface area contributed by atoms with Gasteiger partial charge in [0, 0.05) is 18.7 Å². The molecule has 1 rings (SSSR count). The molecule has 0 bridgehead atoms. The first-order valence-corrected chi connectivity index (χ1v) is 15.2. The van der Waals surface area contributed by atoms with E-state index in [1.54, 1.807) is 25.6 Å². The molecule has 37 heavy (non-hydrogen) atoms. The lowest BCUT2D eigenvalue weighted by molar-refractivity contribution is -0.139. The minimum Gasteiger partial charge on any atom is -0.392 e. The molecular formula is C31H54N2O3S. The monoisotopic (exact) mass is 534 g/mol. The predicted octanol–water partition coefficient (Wildman–Crippen LogP) is 7.37. The number of thioether (sulfide) groups is 1. The van der Waals surface area contributed by atoms with Crippen LogP contribution in [0.3, 0.4) is 0 Å². The van der Waals surface area contributed by atoms with E-state index in [4.69, 9.17) is 0 Å². The van der Waals surface area contributed by atoms with Gasteiger partial charge in [-0.25, -0.2) is 0 Å². The number of rotatable bonds is 5. The molecule has 4 atom stereocenters. The molecule has 6 heteroatoms. The highest BCUT2D eigenvalue weighted by atomic mass is 32.2. The van der Waals surface area contributed by atoms with Gasteiger partial charge in [0.15, 0.2) is 0 Å². The Morgan fingerprint density at radius 1 is 1.27 bits per heavy atom. The number of nitrogens with zero attached hydrogens (tertiary/aromatic N) is 1. The third-order valence-electron chi connectivity index (χ3n) is 6.60. The Kier molecular flexibility index (Phi) is 18.5. The van der Waals surface area contributed by atoms with Gasteiger partial charge >= 0.3 is 0 Å². The van der Waals surface area contributed by atoms with Gasteiger partial charge in [0.05, 0.1) is 23.6 Å². The van der Waals surface area contributed by atoms with Crippen molar-refractivity contribution in [3.63, 3.8) is 0 Å². The van der Waals surface area contributed by atoms with E-state index in [-0.39, 0.29) is 29.9 Å². The Morgan fingerprint density at radius 3 is 2.54 bits per heavy atom. The molecule has 5 nitrogen and oxygen atoms in total. The zero-order valence-corrected chi connectivity index (χ0v) is 25.7. The quantitative estimate of drug-likeness (QED) is 0.219. The van der Waals surface area contributed by atoms with Gasteiger partial charge in [0.2, 0.25) is 5.91 Å². The Labute approximate surface area is 231 Å². The fraction of sp³-hybridized carbons (Fsp3) is 0.710. The molecule has 1 aliphatic heterocycles. The predicted molar refractivity (Wildman–Crippen MR) is 162 cm³/mol. The van der Waals surface area contributed by atoms with Gasteiger partial charge in [-0.15, -0.1) is 11.8 Å². The summed E-state index contributed by atoms with van der Waals surface area (Å²) in [4.78, 5) is 29.2. The highest BCUT2D eigenvalue weighted by molar-refractivity contribution is 8.01. The van der Waals surface area contributed by atoms with Gasteiger partial charge in [-0.1, -0.05) is 73.1 Å². The first-order valence-electron chi connectivity index (χ1n) is 13.9. The highest BCUT2D eigenvalue weighted by Crippen LogP contribution is 2.31. The number of carbonyl (C=O) groups is 2. The number of aliphatic imine (C=N–C) groups is 1. The molecule has 0 saturated heterocycles. The number of carbonyl (C=O) groups excluding carboxylic acids is 2. The molecule has 0 spiro atoms. The van der Waals surface area contributed by atoms with Crippen molar-refractivity contribution in [2.75, 3.05) is 12.8 Å². The van der Waals surface area contributed by atoms with Crippen molar-refractivity contribution in [1.29, 1.82) is 0 Å². The van der Waals surface area contributed by atoms with Crippen molar-refractivity contribution >= 4 is 29.7 Å². The first-order chi connectivity index (χ1) is 17.3. The largest absolute Gasteiger partial charge is 0.392 e. The maximum atomic E-state index is 12.8. The van der Waals surface area contributed by atoms with Crippen molar-refractivity contribution in [3.8, 4) is 0 Å². The second-order valence-electron chi connectivity index (χ2n) is 11.4. The summed E-state index contributed by atoms with van der Waals surface area (Å²) in [5, 5.41) is 15.3. The number of Topliss-reactive ketones (excluding diaryl/α,β-unsaturated/α-hetero) is 1. The topological polar surface area (TPSA) is 78.8 Å². The van der Waals surface area contributed by atoms with Crippen LogP contribution >= 0.6 is 11.8 Å². The van der Waals surface area contributed by atoms with Crippen LogP contribution in [0.2, 0.25) is 0 Å². The highest BCUT2D eigenvalue weighted by Gasteiger charge is 2.39. The van der Waals surface area contributed by atoms with Crippen LogP contribution < -0.4 is 5.32 Å². The summed E-state index contributed by atoms with van der Waals surface area (Å²) in [5.41, 5.74) is 0.134. The maximum absolute atomic E-state index is 12.8. The molecule has 0 aromatic carbocycles. The third-order valence-corrected chi connectivity index (χ3v) is 7.07. The van der Waals surface area contributed by atoms with Crippen LogP contribution in [0.4, 0.5) is 0 Å². The number of hydrogen-bond acceptors (Lipinski definition) is 5. The molecule has 2 N–H and O–H groups in total. The van der Waals surface area contributed by atoms with Crippen molar-refractivity contribution in [3.05, 3.63) is 35.4 Å². The summed E-state index contributed by atoms with van der Waals surface area (Å²) in [6, 6.07) is 0. The van der Waals surface area contributed by atoms with Crippen molar-refractivity contribution < 1.29 is 14.7 Å². The second-order valence-corrected chi connectivity index (χ2v) is 12.1. The van der Waals surface area contributed by atoms with E-state index in [1.165, 1.54) is 0 Å². The summed E-state index contributed by atoms with van der Waals surface area (Å²) in [6.45, 7) is 16.7. The lowest BCUT2D eigenvalue weighted by Gasteiger charge is -2.32. The zero-order valence-electron chi connectivity index (χ0n) is 24.9. The summed E-state index contributed by atoms with van der Waals surface area (Å²) >= 11 is 1.68. The van der Waals surface area contributed by atoms with Crippen LogP contribution in [0.15, 0.2) is 40.4 Å². The minimum absolute atomic E-state index is 0.0303. The SMILES string of the molecule is C/C=C\C(=C\SC)N=CCC(C)C.CC1CCC/C=C\[C@H](C)CNC(=O)CC(O)C(C)(C)C(=O)C(C)C1. The van der Waals surface area contributed by atoms with E-state index in [9.17, 15) is 14.7 Å². The Morgan fingerprint density at radius 2 is 1.95 bits per heavy atom. The molecule has 3 unspecified atom stereocenters. The first kappa shape index (κ1) is 35.3. The second kappa shape index (κ2) is 19.4. The number of ketones is 1. The number of amides is 1. The molecule has 1 amide bonds. The van der Waals surface area contributed by atoms with Crippen LogP contribution in [0.1, 0.15) is 93.9 Å². The van der Waals surface area contributed by atoms with Crippen LogP contribution in [0.5, 0.6) is 0 Å². The summed E-state index contributed by atoms with van der Waals surface area (Å²) in [6.07, 6.45) is 16.5. The van der Waals surface area contributed by atoms with E-state index in [1.807, 2.05) is 38.5 Å². The maximum Gasteiger partial charge on any atom is 0.222 e. The van der Waals surface area contributed by atoms with E-state index < -0.39 is 11.5 Å². The van der Waals surface area contributed by atoms with Crippen molar-refractivity contribution in [2.24, 2.45) is 34.1 Å². The summed E-state index contributed by atoms with van der Waals surface area (Å²) in [5.74, 6) is 1.19. The molecular weight excluding hydrogens is 480 g/mol. The molecule has 212 valence electrons. The average molecular weight is 535 g/mol. The minimum atomic E-state index is -0.957. The van der Waals surface area contributed by atoms with Crippen molar-refractivity contribution in [2.45, 2.75) is 100 Å². The molecule has 0 aromatic rings. The van der Waals surface area contributed by atoms with E-state index >= 15 is 0 Å². The normalized spacial score (nSPS) is 27.7. The number of nitrogens with one attached hydrogen (secondary N) is 1. The van der Waals surface area contributed by atoms with Crippen LogP contribution in [0.25, 0.3) is 0 Å². The lowest BCUT2D eigenvalue weighted by atomic mass is 9.74. The molecule has 0 aromatic heterocycles. The summed E-state index contributed by atoms with van der Waals surface area (Å²) in [7, 11) is 0. The fourth-order valence-electron chi connectivity index (χ4n) is 4.16. The number of allylic oxidation sites excluding steroid dienone is 3. The number of aliphatic hydroxyl groups excluding tert-OH is 1. The van der Waals surface area contributed by atoms with Gasteiger partial charge in [0.25, 0.3) is 0 Å². The Bertz CT molecular complexity index is 783. The lowest BCUT2D eigenvalue weighted by Crippen LogP contribution is -2.43. The van der Waals surface area contributed by atoms with Gasteiger partial charge in [-0.2, -0.15) is 0 Å². The smallest absolute Gasteiger partial charge is 0.222 e. The standard InChI is InChI=1S/C20H35NO3.C11H19NS/c1-14-9-7-6-8-10-15(2)13-21-18(23)12-17(22)20(4,5)19(24)16(3)11-14;1-5-6-11(9-13-4)12-8-7-10(2)3/h8,10,14-17,22H,6-7,9,11-13H2,1-5H3,(H,21,23);5-6,8-10H,7H2,1-4H3/b10-8-;6-5-,11-9-,12-8?/t14?,15-,16?,17?;/m0./s1. The van der Waals surface area contributed by atoms with Gasteiger partial charge in [-0.3, -0.25) is 14.6 Å². The van der Waals surface area contributed by atoms with Crippen molar-refractivity contribution in [1.82, 2.24) is 5.32 Å². The van der Waals surface area contributed by atoms with Gasteiger partial charge < -0.3 is 10.4 Å². The average Bonchev–Trinajstić information content (AvgIpc) is 2.81. The number of aliphatic hydroxyl groups is 1. The number of hydrogen-bond donors (Lipinski definition) is 2. The third kappa shape index (κ3) is 16.0. The molecule has 1 aliphatic rings. The van der Waals surface area contributed by atoms with E-state index in [2.05, 4.69) is 55.6 Å². The van der Waals surface area contributed by atoms with E-state index in [0.29, 0.717) is 18.4 Å².